The number of benzene rings is 2. The van der Waals surface area contributed by atoms with Gasteiger partial charge in [0.15, 0.2) is 0 Å². The zero-order valence-corrected chi connectivity index (χ0v) is 16.3. The molecular formula is C19H19N5O7. The Bertz CT molecular complexity index is 1030. The summed E-state index contributed by atoms with van der Waals surface area (Å²) in [6, 6.07) is 6.69. The summed E-state index contributed by atoms with van der Waals surface area (Å²) in [5.74, 6) is -0.807. The molecule has 1 aliphatic rings. The maximum absolute atomic E-state index is 12.9. The molecule has 1 fully saturated rings. The summed E-state index contributed by atoms with van der Waals surface area (Å²) < 4.78 is 0. The summed E-state index contributed by atoms with van der Waals surface area (Å²) in [6.45, 7) is 0. The van der Waals surface area contributed by atoms with Crippen molar-refractivity contribution in [1.82, 2.24) is 0 Å². The normalized spacial score (nSPS) is 13.9. The lowest BCUT2D eigenvalue weighted by Gasteiger charge is -2.24. The zero-order chi connectivity index (χ0) is 22.5. The van der Waals surface area contributed by atoms with Crippen LogP contribution in [0.25, 0.3) is 0 Å². The summed E-state index contributed by atoms with van der Waals surface area (Å²) in [5, 5.41) is 39.2. The Hall–Kier alpha value is -4.09. The van der Waals surface area contributed by atoms with Crippen molar-refractivity contribution in [1.29, 1.82) is 0 Å². The van der Waals surface area contributed by atoms with E-state index >= 15 is 0 Å². The Balaban J connectivity index is 2.00. The van der Waals surface area contributed by atoms with Crippen molar-refractivity contribution in [2.24, 2.45) is 0 Å². The van der Waals surface area contributed by atoms with Crippen LogP contribution in [-0.2, 0) is 0 Å². The van der Waals surface area contributed by atoms with Crippen LogP contribution < -0.4 is 10.6 Å². The van der Waals surface area contributed by atoms with E-state index in [-0.39, 0.29) is 28.7 Å². The number of nitrogens with zero attached hydrogens (tertiary/aromatic N) is 3. The van der Waals surface area contributed by atoms with E-state index in [1.807, 2.05) is 0 Å². The van der Waals surface area contributed by atoms with E-state index in [1.165, 1.54) is 24.3 Å². The average Bonchev–Trinajstić information content (AvgIpc) is 2.74. The molecule has 2 N–H and O–H groups in total. The van der Waals surface area contributed by atoms with Crippen molar-refractivity contribution in [3.8, 4) is 0 Å². The summed E-state index contributed by atoms with van der Waals surface area (Å²) in [6.07, 6.45) is 4.44. The third-order valence-corrected chi connectivity index (χ3v) is 5.04. The minimum atomic E-state index is -0.807. The van der Waals surface area contributed by atoms with E-state index in [0.717, 1.165) is 44.2 Å². The first-order valence-electron chi connectivity index (χ1n) is 9.55. The molecule has 2 aromatic carbocycles. The van der Waals surface area contributed by atoms with Crippen molar-refractivity contribution in [3.05, 3.63) is 72.3 Å². The van der Waals surface area contributed by atoms with E-state index < -0.39 is 32.1 Å². The third-order valence-electron chi connectivity index (χ3n) is 5.04. The number of nitro groups is 3. The molecule has 0 spiro atoms. The molecule has 0 radical (unpaired) electrons. The van der Waals surface area contributed by atoms with E-state index in [1.54, 1.807) is 0 Å². The molecule has 0 saturated heterocycles. The largest absolute Gasteiger partial charge is 0.376 e. The lowest BCUT2D eigenvalue weighted by atomic mass is 9.94. The predicted molar refractivity (Wildman–Crippen MR) is 111 cm³/mol. The van der Waals surface area contributed by atoms with Gasteiger partial charge in [0.05, 0.1) is 26.4 Å². The van der Waals surface area contributed by atoms with E-state index in [2.05, 4.69) is 10.6 Å². The van der Waals surface area contributed by atoms with Crippen LogP contribution in [0.1, 0.15) is 42.5 Å². The van der Waals surface area contributed by atoms with Crippen LogP contribution in [-0.4, -0.2) is 26.7 Å². The van der Waals surface area contributed by atoms with Crippen molar-refractivity contribution < 1.29 is 19.6 Å². The molecule has 12 nitrogen and oxygen atoms in total. The van der Waals surface area contributed by atoms with Crippen LogP contribution in [0.3, 0.4) is 0 Å². The Labute approximate surface area is 175 Å². The van der Waals surface area contributed by atoms with E-state index in [9.17, 15) is 35.1 Å². The third kappa shape index (κ3) is 5.10. The topological polar surface area (TPSA) is 171 Å². The molecule has 12 heteroatoms. The molecule has 0 aromatic heterocycles. The van der Waals surface area contributed by atoms with Crippen molar-refractivity contribution in [3.63, 3.8) is 0 Å². The Morgan fingerprint density at radius 3 is 2.00 bits per heavy atom. The number of carbonyl (C=O) groups excluding carboxylic acids is 1. The van der Waals surface area contributed by atoms with Crippen molar-refractivity contribution >= 4 is 34.3 Å². The van der Waals surface area contributed by atoms with Gasteiger partial charge in [-0.15, -0.1) is 0 Å². The molecule has 0 atom stereocenters. The first kappa shape index (κ1) is 21.6. The molecule has 31 heavy (non-hydrogen) atoms. The SMILES string of the molecule is O=C(Nc1ccc([N+](=O)[O-])cc1)c1cc([N+](=O)[O-])cc([N+](=O)[O-])c1NC1CCCCC1. The van der Waals surface area contributed by atoms with Gasteiger partial charge in [-0.3, -0.25) is 35.1 Å². The van der Waals surface area contributed by atoms with Crippen LogP contribution >= 0.6 is 0 Å². The van der Waals surface area contributed by atoms with Crippen LogP contribution in [0.5, 0.6) is 0 Å². The number of hydrogen-bond acceptors (Lipinski definition) is 8. The van der Waals surface area contributed by atoms with Crippen LogP contribution in [0, 0.1) is 30.3 Å². The molecule has 1 amide bonds. The molecule has 2 aromatic rings. The van der Waals surface area contributed by atoms with Gasteiger partial charge < -0.3 is 10.6 Å². The number of nitro benzene ring substituents is 3. The van der Waals surface area contributed by atoms with Crippen LogP contribution in [0.2, 0.25) is 0 Å². The fourth-order valence-electron chi connectivity index (χ4n) is 3.51. The van der Waals surface area contributed by atoms with Crippen molar-refractivity contribution in [2.75, 3.05) is 10.6 Å². The number of nitrogens with one attached hydrogen (secondary N) is 2. The summed E-state index contributed by atoms with van der Waals surface area (Å²) in [4.78, 5) is 44.4. The number of anilines is 2. The van der Waals surface area contributed by atoms with Gasteiger partial charge in [0.2, 0.25) is 0 Å². The Kier molecular flexibility index (Phi) is 6.38. The number of rotatable bonds is 7. The molecular weight excluding hydrogens is 410 g/mol. The highest BCUT2D eigenvalue weighted by atomic mass is 16.6. The fraction of sp³-hybridized carbons (Fsp3) is 0.316. The molecule has 1 saturated carbocycles. The second-order valence-corrected chi connectivity index (χ2v) is 7.14. The monoisotopic (exact) mass is 429 g/mol. The van der Waals surface area contributed by atoms with Gasteiger partial charge >= 0.3 is 0 Å². The zero-order valence-electron chi connectivity index (χ0n) is 16.3. The summed E-state index contributed by atoms with van der Waals surface area (Å²) in [7, 11) is 0. The Morgan fingerprint density at radius 2 is 1.45 bits per heavy atom. The lowest BCUT2D eigenvalue weighted by Crippen LogP contribution is -2.25. The van der Waals surface area contributed by atoms with E-state index in [4.69, 9.17) is 0 Å². The van der Waals surface area contributed by atoms with Crippen LogP contribution in [0.4, 0.5) is 28.4 Å². The summed E-state index contributed by atoms with van der Waals surface area (Å²) >= 11 is 0. The molecule has 3 rings (SSSR count). The first-order valence-corrected chi connectivity index (χ1v) is 9.55. The maximum atomic E-state index is 12.9. The van der Waals surface area contributed by atoms with Crippen molar-refractivity contribution in [2.45, 2.75) is 38.1 Å². The van der Waals surface area contributed by atoms with E-state index in [0.29, 0.717) is 0 Å². The van der Waals surface area contributed by atoms with Gasteiger partial charge in [0.1, 0.15) is 5.69 Å². The second-order valence-electron chi connectivity index (χ2n) is 7.14. The van der Waals surface area contributed by atoms with Gasteiger partial charge in [-0.25, -0.2) is 0 Å². The number of non-ortho nitro benzene ring substituents is 2. The standard InChI is InChI=1S/C19H19N5O7/c25-19(21-13-6-8-14(9-7-13)22(26)27)16-10-15(23(28)29)11-17(24(30)31)18(16)20-12-4-2-1-3-5-12/h6-12,20H,1-5H2,(H,21,25). The predicted octanol–water partition coefficient (Wildman–Crippen LogP) is 4.41. The molecule has 162 valence electrons. The molecule has 0 aliphatic heterocycles. The number of hydrogen-bond donors (Lipinski definition) is 2. The first-order chi connectivity index (χ1) is 14.8. The maximum Gasteiger partial charge on any atom is 0.300 e. The van der Waals surface area contributed by atoms with Gasteiger partial charge in [-0.05, 0) is 25.0 Å². The van der Waals surface area contributed by atoms with Gasteiger partial charge in [-0.2, -0.15) is 0 Å². The molecule has 0 unspecified atom stereocenters. The summed E-state index contributed by atoms with van der Waals surface area (Å²) in [5.41, 5.74) is -1.45. The van der Waals surface area contributed by atoms with Gasteiger partial charge in [-0.1, -0.05) is 19.3 Å². The Morgan fingerprint density at radius 1 is 0.839 bits per heavy atom. The highest BCUT2D eigenvalue weighted by Gasteiger charge is 2.29. The molecule has 0 bridgehead atoms. The smallest absolute Gasteiger partial charge is 0.300 e. The molecule has 0 heterocycles. The number of carbonyl (C=O) groups is 1. The average molecular weight is 429 g/mol. The quantitative estimate of drug-likeness (QED) is 0.481. The second kappa shape index (κ2) is 9.15. The number of amides is 1. The minimum absolute atomic E-state index is 0.0816. The highest BCUT2D eigenvalue weighted by Crippen LogP contribution is 2.36. The minimum Gasteiger partial charge on any atom is -0.376 e. The highest BCUT2D eigenvalue weighted by molar-refractivity contribution is 6.10. The lowest BCUT2D eigenvalue weighted by molar-refractivity contribution is -0.393. The molecule has 1 aliphatic carbocycles. The van der Waals surface area contributed by atoms with Gasteiger partial charge in [0.25, 0.3) is 23.0 Å². The van der Waals surface area contributed by atoms with Gasteiger partial charge in [0, 0.05) is 29.9 Å². The van der Waals surface area contributed by atoms with Crippen LogP contribution in [0.15, 0.2) is 36.4 Å². The fourth-order valence-corrected chi connectivity index (χ4v) is 3.51.